The molecule has 0 aliphatic carbocycles. The first-order chi connectivity index (χ1) is 7.22. The topological polar surface area (TPSA) is 15.3 Å². The molecular formula is C12H28N2S. The molecule has 0 amide bonds. The second-order valence-corrected chi connectivity index (χ2v) is 5.16. The summed E-state index contributed by atoms with van der Waals surface area (Å²) in [4.78, 5) is 2.49. The normalized spacial score (nSPS) is 13.4. The summed E-state index contributed by atoms with van der Waals surface area (Å²) in [6.45, 7) is 8.00. The number of unbranched alkanes of at least 4 members (excludes halogenated alkanes) is 1. The van der Waals surface area contributed by atoms with Crippen molar-refractivity contribution in [2.75, 3.05) is 38.7 Å². The van der Waals surface area contributed by atoms with Gasteiger partial charge in [0.25, 0.3) is 0 Å². The molecule has 1 unspecified atom stereocenters. The van der Waals surface area contributed by atoms with Crippen LogP contribution in [0.5, 0.6) is 0 Å². The zero-order chi connectivity index (χ0) is 11.5. The Balaban J connectivity index is 3.34. The molecule has 0 aromatic heterocycles. The molecule has 0 spiro atoms. The van der Waals surface area contributed by atoms with Gasteiger partial charge in [-0.2, -0.15) is 11.8 Å². The molecule has 0 fully saturated rings. The van der Waals surface area contributed by atoms with Crippen LogP contribution < -0.4 is 5.32 Å². The highest BCUT2D eigenvalue weighted by Crippen LogP contribution is 2.06. The van der Waals surface area contributed by atoms with Crippen LogP contribution in [-0.4, -0.2) is 49.6 Å². The van der Waals surface area contributed by atoms with Gasteiger partial charge in [0.15, 0.2) is 0 Å². The van der Waals surface area contributed by atoms with E-state index < -0.39 is 0 Å². The summed E-state index contributed by atoms with van der Waals surface area (Å²) in [5.41, 5.74) is 0. The Labute approximate surface area is 100 Å². The van der Waals surface area contributed by atoms with E-state index in [1.54, 1.807) is 0 Å². The van der Waals surface area contributed by atoms with Gasteiger partial charge in [-0.15, -0.1) is 0 Å². The van der Waals surface area contributed by atoms with E-state index in [2.05, 4.69) is 37.4 Å². The van der Waals surface area contributed by atoms with Crippen LogP contribution in [0.1, 0.15) is 33.1 Å². The van der Waals surface area contributed by atoms with Crippen molar-refractivity contribution in [3.63, 3.8) is 0 Å². The Bertz CT molecular complexity index is 131. The lowest BCUT2D eigenvalue weighted by Gasteiger charge is -2.24. The van der Waals surface area contributed by atoms with Gasteiger partial charge in [0.1, 0.15) is 0 Å². The number of hydrogen-bond acceptors (Lipinski definition) is 3. The van der Waals surface area contributed by atoms with E-state index in [-0.39, 0.29) is 0 Å². The van der Waals surface area contributed by atoms with E-state index in [0.29, 0.717) is 0 Å². The number of thioether (sulfide) groups is 1. The molecule has 0 aromatic carbocycles. The van der Waals surface area contributed by atoms with Gasteiger partial charge in [0.2, 0.25) is 0 Å². The second-order valence-electron chi connectivity index (χ2n) is 4.17. The molecule has 0 saturated heterocycles. The SMILES string of the molecule is CCNCCCCN(C)C(C)CCSC. The van der Waals surface area contributed by atoms with Crippen molar-refractivity contribution < 1.29 is 0 Å². The van der Waals surface area contributed by atoms with Gasteiger partial charge in [0, 0.05) is 6.04 Å². The van der Waals surface area contributed by atoms with Crippen molar-refractivity contribution >= 4 is 11.8 Å². The zero-order valence-electron chi connectivity index (χ0n) is 10.9. The van der Waals surface area contributed by atoms with Crippen molar-refractivity contribution in [2.45, 2.75) is 39.2 Å². The fourth-order valence-electron chi connectivity index (χ4n) is 1.52. The quantitative estimate of drug-likeness (QED) is 0.583. The molecule has 1 N–H and O–H groups in total. The molecule has 0 radical (unpaired) electrons. The van der Waals surface area contributed by atoms with Gasteiger partial charge in [-0.3, -0.25) is 0 Å². The molecule has 0 heterocycles. The van der Waals surface area contributed by atoms with E-state index in [1.165, 1.54) is 38.1 Å². The maximum atomic E-state index is 3.36. The first-order valence-corrected chi connectivity index (χ1v) is 7.51. The molecule has 2 nitrogen and oxygen atoms in total. The number of nitrogens with zero attached hydrogens (tertiary/aromatic N) is 1. The Morgan fingerprint density at radius 1 is 1.33 bits per heavy atom. The standard InChI is InChI=1S/C12H28N2S/c1-5-13-9-6-7-10-14(3)12(2)8-11-15-4/h12-13H,5-11H2,1-4H3. The number of hydrogen-bond donors (Lipinski definition) is 1. The summed E-state index contributed by atoms with van der Waals surface area (Å²) in [5, 5.41) is 3.36. The highest BCUT2D eigenvalue weighted by molar-refractivity contribution is 7.98. The average Bonchev–Trinajstić information content (AvgIpc) is 2.25. The minimum absolute atomic E-state index is 0.733. The second kappa shape index (κ2) is 10.8. The summed E-state index contributed by atoms with van der Waals surface area (Å²) < 4.78 is 0. The van der Waals surface area contributed by atoms with Gasteiger partial charge >= 0.3 is 0 Å². The van der Waals surface area contributed by atoms with E-state index in [0.717, 1.165) is 12.6 Å². The van der Waals surface area contributed by atoms with Crippen LogP contribution in [0.25, 0.3) is 0 Å². The molecule has 0 aromatic rings. The summed E-state index contributed by atoms with van der Waals surface area (Å²) in [5.74, 6) is 1.28. The molecule has 1 atom stereocenters. The van der Waals surface area contributed by atoms with Crippen molar-refractivity contribution in [1.29, 1.82) is 0 Å². The van der Waals surface area contributed by atoms with Crippen LogP contribution in [0.15, 0.2) is 0 Å². The maximum absolute atomic E-state index is 3.36. The van der Waals surface area contributed by atoms with Gasteiger partial charge in [0.05, 0.1) is 0 Å². The van der Waals surface area contributed by atoms with Crippen LogP contribution in [-0.2, 0) is 0 Å². The van der Waals surface area contributed by atoms with Gasteiger partial charge in [-0.05, 0) is 64.9 Å². The van der Waals surface area contributed by atoms with Crippen molar-refractivity contribution in [1.82, 2.24) is 10.2 Å². The fourth-order valence-corrected chi connectivity index (χ4v) is 2.09. The van der Waals surface area contributed by atoms with Crippen LogP contribution in [0.3, 0.4) is 0 Å². The summed E-state index contributed by atoms with van der Waals surface area (Å²) >= 11 is 1.95. The average molecular weight is 232 g/mol. The summed E-state index contributed by atoms with van der Waals surface area (Å²) in [6.07, 6.45) is 6.11. The minimum atomic E-state index is 0.733. The predicted molar refractivity (Wildman–Crippen MR) is 72.9 cm³/mol. The van der Waals surface area contributed by atoms with Gasteiger partial charge < -0.3 is 10.2 Å². The fraction of sp³-hybridized carbons (Fsp3) is 1.00. The third-order valence-electron chi connectivity index (χ3n) is 2.86. The predicted octanol–water partition coefficient (Wildman–Crippen LogP) is 2.45. The molecule has 92 valence electrons. The molecule has 0 aliphatic rings. The highest BCUT2D eigenvalue weighted by Gasteiger charge is 2.07. The van der Waals surface area contributed by atoms with Crippen LogP contribution in [0, 0.1) is 0 Å². The van der Waals surface area contributed by atoms with Crippen LogP contribution >= 0.6 is 11.8 Å². The highest BCUT2D eigenvalue weighted by atomic mass is 32.2. The minimum Gasteiger partial charge on any atom is -0.317 e. The van der Waals surface area contributed by atoms with Gasteiger partial charge in [-0.25, -0.2) is 0 Å². The van der Waals surface area contributed by atoms with E-state index >= 15 is 0 Å². The molecule has 15 heavy (non-hydrogen) atoms. The Kier molecular flexibility index (Phi) is 11.0. The third kappa shape index (κ3) is 9.21. The smallest absolute Gasteiger partial charge is 0.00717 e. The molecule has 0 rings (SSSR count). The van der Waals surface area contributed by atoms with Crippen LogP contribution in [0.2, 0.25) is 0 Å². The Hall–Kier alpha value is 0.270. The van der Waals surface area contributed by atoms with Gasteiger partial charge in [-0.1, -0.05) is 6.92 Å². The number of rotatable bonds is 10. The lowest BCUT2D eigenvalue weighted by molar-refractivity contribution is 0.248. The molecular weight excluding hydrogens is 204 g/mol. The zero-order valence-corrected chi connectivity index (χ0v) is 11.7. The molecule has 3 heteroatoms. The Morgan fingerprint density at radius 2 is 2.07 bits per heavy atom. The largest absolute Gasteiger partial charge is 0.317 e. The lowest BCUT2D eigenvalue weighted by atomic mass is 10.2. The summed E-state index contributed by atoms with van der Waals surface area (Å²) in [7, 11) is 2.25. The lowest BCUT2D eigenvalue weighted by Crippen LogP contribution is -2.30. The van der Waals surface area contributed by atoms with Crippen molar-refractivity contribution in [2.24, 2.45) is 0 Å². The van der Waals surface area contributed by atoms with E-state index in [4.69, 9.17) is 0 Å². The van der Waals surface area contributed by atoms with E-state index in [9.17, 15) is 0 Å². The molecule has 0 aliphatic heterocycles. The first-order valence-electron chi connectivity index (χ1n) is 6.12. The van der Waals surface area contributed by atoms with Crippen molar-refractivity contribution in [3.8, 4) is 0 Å². The van der Waals surface area contributed by atoms with Crippen molar-refractivity contribution in [3.05, 3.63) is 0 Å². The third-order valence-corrected chi connectivity index (χ3v) is 3.50. The maximum Gasteiger partial charge on any atom is 0.00717 e. The van der Waals surface area contributed by atoms with Crippen LogP contribution in [0.4, 0.5) is 0 Å². The molecule has 0 saturated carbocycles. The van der Waals surface area contributed by atoms with E-state index in [1.807, 2.05) is 11.8 Å². The molecule has 0 bridgehead atoms. The first kappa shape index (κ1) is 15.3. The number of nitrogens with one attached hydrogen (secondary N) is 1. The monoisotopic (exact) mass is 232 g/mol. The Morgan fingerprint density at radius 3 is 2.67 bits per heavy atom. The summed E-state index contributed by atoms with van der Waals surface area (Å²) in [6, 6.07) is 0.733.